The predicted molar refractivity (Wildman–Crippen MR) is 71.1 cm³/mol. The van der Waals surface area contributed by atoms with Gasteiger partial charge in [-0.15, -0.1) is 10.2 Å². The van der Waals surface area contributed by atoms with Crippen LogP contribution in [0.1, 0.15) is 0 Å². The van der Waals surface area contributed by atoms with Crippen molar-refractivity contribution in [2.45, 2.75) is 0 Å². The number of rotatable bonds is 4. The molecule has 94 valence electrons. The third-order valence-corrected chi connectivity index (χ3v) is 2.45. The first-order valence-corrected chi connectivity index (χ1v) is 5.51. The van der Waals surface area contributed by atoms with Gasteiger partial charge in [0, 0.05) is 11.8 Å². The van der Waals surface area contributed by atoms with E-state index in [-0.39, 0.29) is 5.15 Å². The van der Waals surface area contributed by atoms with Gasteiger partial charge in [-0.25, -0.2) is 5.84 Å². The second kappa shape index (κ2) is 5.52. The number of halogens is 1. The third kappa shape index (κ3) is 2.79. The Morgan fingerprint density at radius 3 is 2.56 bits per heavy atom. The highest BCUT2D eigenvalue weighted by molar-refractivity contribution is 6.29. The van der Waals surface area contributed by atoms with Crippen molar-refractivity contribution in [3.05, 3.63) is 35.5 Å². The minimum Gasteiger partial charge on any atom is -0.497 e. The monoisotopic (exact) mass is 265 g/mol. The maximum Gasteiger partial charge on any atom is 0.186 e. The van der Waals surface area contributed by atoms with E-state index in [1.165, 1.54) is 0 Å². The zero-order chi connectivity index (χ0) is 13.0. The normalized spacial score (nSPS) is 9.94. The van der Waals surface area contributed by atoms with E-state index in [0.717, 1.165) is 11.4 Å². The summed E-state index contributed by atoms with van der Waals surface area (Å²) in [6.07, 6.45) is 0. The standard InChI is InChI=1S/C11H12ClN5O/c1-18-8-4-2-7(3-5-8)14-9-6-10(12)16-17-11(9)15-13/h2-6H,13H2,1H3,(H,14,16)(H,15,17). The molecule has 0 unspecified atom stereocenters. The highest BCUT2D eigenvalue weighted by Crippen LogP contribution is 2.25. The zero-order valence-electron chi connectivity index (χ0n) is 9.64. The maximum atomic E-state index is 5.79. The second-order valence-electron chi connectivity index (χ2n) is 3.43. The Morgan fingerprint density at radius 2 is 1.94 bits per heavy atom. The number of hydrogen-bond acceptors (Lipinski definition) is 6. The molecule has 6 nitrogen and oxygen atoms in total. The van der Waals surface area contributed by atoms with Gasteiger partial charge in [0.1, 0.15) is 5.75 Å². The van der Waals surface area contributed by atoms with Gasteiger partial charge in [0.15, 0.2) is 11.0 Å². The average molecular weight is 266 g/mol. The molecule has 0 aliphatic carbocycles. The quantitative estimate of drug-likeness (QED) is 0.580. The van der Waals surface area contributed by atoms with Crippen LogP contribution in [-0.4, -0.2) is 17.3 Å². The molecule has 18 heavy (non-hydrogen) atoms. The largest absolute Gasteiger partial charge is 0.497 e. The van der Waals surface area contributed by atoms with Crippen LogP contribution in [0.2, 0.25) is 5.15 Å². The van der Waals surface area contributed by atoms with Crippen molar-refractivity contribution in [2.75, 3.05) is 17.9 Å². The lowest BCUT2D eigenvalue weighted by Crippen LogP contribution is -2.11. The number of anilines is 3. The van der Waals surface area contributed by atoms with E-state index < -0.39 is 0 Å². The molecule has 0 bridgehead atoms. The van der Waals surface area contributed by atoms with Gasteiger partial charge in [0.2, 0.25) is 0 Å². The van der Waals surface area contributed by atoms with E-state index in [1.807, 2.05) is 24.3 Å². The highest BCUT2D eigenvalue weighted by Gasteiger charge is 2.05. The van der Waals surface area contributed by atoms with E-state index in [4.69, 9.17) is 22.2 Å². The molecule has 0 saturated heterocycles. The Kier molecular flexibility index (Phi) is 3.81. The molecule has 2 rings (SSSR count). The molecular formula is C11H12ClN5O. The minimum absolute atomic E-state index is 0.282. The molecule has 0 saturated carbocycles. The highest BCUT2D eigenvalue weighted by atomic mass is 35.5. The van der Waals surface area contributed by atoms with Crippen LogP contribution in [-0.2, 0) is 0 Å². The van der Waals surface area contributed by atoms with Crippen LogP contribution in [0, 0.1) is 0 Å². The summed E-state index contributed by atoms with van der Waals surface area (Å²) in [5.41, 5.74) is 3.95. The van der Waals surface area contributed by atoms with Crippen LogP contribution in [0.15, 0.2) is 30.3 Å². The van der Waals surface area contributed by atoms with Gasteiger partial charge in [-0.2, -0.15) is 0 Å². The van der Waals surface area contributed by atoms with Crippen molar-refractivity contribution in [3.8, 4) is 5.75 Å². The summed E-state index contributed by atoms with van der Waals surface area (Å²) in [6.45, 7) is 0. The Balaban J connectivity index is 2.24. The molecule has 1 heterocycles. The number of nitrogens with one attached hydrogen (secondary N) is 2. The summed E-state index contributed by atoms with van der Waals surface area (Å²) in [5, 5.41) is 10.9. The number of hydrogen-bond donors (Lipinski definition) is 3. The Morgan fingerprint density at radius 1 is 1.22 bits per heavy atom. The molecule has 0 spiro atoms. The van der Waals surface area contributed by atoms with Gasteiger partial charge in [-0.3, -0.25) is 0 Å². The van der Waals surface area contributed by atoms with Gasteiger partial charge in [-0.05, 0) is 24.3 Å². The second-order valence-corrected chi connectivity index (χ2v) is 3.81. The fourth-order valence-electron chi connectivity index (χ4n) is 1.40. The zero-order valence-corrected chi connectivity index (χ0v) is 10.4. The van der Waals surface area contributed by atoms with Crippen LogP contribution in [0.3, 0.4) is 0 Å². The summed E-state index contributed by atoms with van der Waals surface area (Å²) < 4.78 is 5.08. The molecule has 2 aromatic rings. The average Bonchev–Trinajstić information content (AvgIpc) is 2.40. The number of benzene rings is 1. The van der Waals surface area contributed by atoms with Gasteiger partial charge in [0.05, 0.1) is 12.8 Å². The van der Waals surface area contributed by atoms with E-state index in [1.54, 1.807) is 13.2 Å². The van der Waals surface area contributed by atoms with Gasteiger partial charge in [0.25, 0.3) is 0 Å². The summed E-state index contributed by atoms with van der Waals surface area (Å²) in [5.74, 6) is 6.54. The molecule has 0 radical (unpaired) electrons. The van der Waals surface area contributed by atoms with Crippen LogP contribution in [0.5, 0.6) is 5.75 Å². The molecule has 4 N–H and O–H groups in total. The smallest absolute Gasteiger partial charge is 0.186 e. The third-order valence-electron chi connectivity index (χ3n) is 2.27. The first-order valence-electron chi connectivity index (χ1n) is 5.14. The molecule has 0 amide bonds. The number of methoxy groups -OCH3 is 1. The molecule has 0 atom stereocenters. The Hall–Kier alpha value is -2.05. The summed E-state index contributed by atoms with van der Waals surface area (Å²) in [7, 11) is 1.62. The lowest BCUT2D eigenvalue weighted by atomic mass is 10.3. The number of aromatic nitrogens is 2. The fraction of sp³-hybridized carbons (Fsp3) is 0.0909. The van der Waals surface area contributed by atoms with E-state index >= 15 is 0 Å². The van der Waals surface area contributed by atoms with Gasteiger partial charge >= 0.3 is 0 Å². The van der Waals surface area contributed by atoms with Gasteiger partial charge in [-0.1, -0.05) is 11.6 Å². The fourth-order valence-corrected chi connectivity index (χ4v) is 1.55. The number of nitrogens with zero attached hydrogens (tertiary/aromatic N) is 2. The van der Waals surface area contributed by atoms with Crippen LogP contribution < -0.4 is 21.3 Å². The van der Waals surface area contributed by atoms with Crippen molar-refractivity contribution in [2.24, 2.45) is 5.84 Å². The lowest BCUT2D eigenvalue weighted by molar-refractivity contribution is 0.415. The van der Waals surface area contributed by atoms with E-state index in [9.17, 15) is 0 Å². The summed E-state index contributed by atoms with van der Waals surface area (Å²) >= 11 is 5.79. The van der Waals surface area contributed by atoms with Crippen molar-refractivity contribution in [1.29, 1.82) is 0 Å². The number of nitrogens with two attached hydrogens (primary N) is 1. The van der Waals surface area contributed by atoms with Gasteiger partial charge < -0.3 is 15.5 Å². The molecule has 0 fully saturated rings. The summed E-state index contributed by atoms with van der Waals surface area (Å²) in [6, 6.07) is 9.05. The molecule has 1 aromatic heterocycles. The van der Waals surface area contributed by atoms with Crippen molar-refractivity contribution in [3.63, 3.8) is 0 Å². The molecular weight excluding hydrogens is 254 g/mol. The topological polar surface area (TPSA) is 85.1 Å². The van der Waals surface area contributed by atoms with Crippen molar-refractivity contribution >= 4 is 28.8 Å². The van der Waals surface area contributed by atoms with Crippen molar-refractivity contribution in [1.82, 2.24) is 10.2 Å². The Bertz CT molecular complexity index is 531. The molecule has 1 aromatic carbocycles. The summed E-state index contributed by atoms with van der Waals surface area (Å²) in [4.78, 5) is 0. The van der Waals surface area contributed by atoms with Crippen LogP contribution >= 0.6 is 11.6 Å². The lowest BCUT2D eigenvalue weighted by Gasteiger charge is -2.10. The Labute approximate surface area is 109 Å². The van der Waals surface area contributed by atoms with Crippen LogP contribution in [0.4, 0.5) is 17.2 Å². The first-order chi connectivity index (χ1) is 8.72. The number of nitrogen functional groups attached to an aromatic ring is 1. The number of ether oxygens (including phenoxy) is 1. The minimum atomic E-state index is 0.282. The van der Waals surface area contributed by atoms with E-state index in [2.05, 4.69) is 20.9 Å². The maximum absolute atomic E-state index is 5.79. The predicted octanol–water partition coefficient (Wildman–Crippen LogP) is 2.17. The van der Waals surface area contributed by atoms with Crippen LogP contribution in [0.25, 0.3) is 0 Å². The van der Waals surface area contributed by atoms with Crippen molar-refractivity contribution < 1.29 is 4.74 Å². The first kappa shape index (κ1) is 12.4. The van der Waals surface area contributed by atoms with E-state index in [0.29, 0.717) is 11.5 Å². The molecule has 0 aliphatic heterocycles. The molecule has 7 heteroatoms. The molecule has 0 aliphatic rings. The SMILES string of the molecule is COc1ccc(Nc2cc(Cl)nnc2NN)cc1. The number of hydrazine groups is 1.